The lowest BCUT2D eigenvalue weighted by atomic mass is 10.4. The molecule has 0 aromatic carbocycles. The Morgan fingerprint density at radius 3 is 3.06 bits per heavy atom. The molecule has 0 saturated heterocycles. The van der Waals surface area contributed by atoms with Crippen molar-refractivity contribution in [3.8, 4) is 0 Å². The van der Waals surface area contributed by atoms with Crippen LogP contribution in [0.25, 0.3) is 0 Å². The zero-order chi connectivity index (χ0) is 11.4. The van der Waals surface area contributed by atoms with Gasteiger partial charge in [-0.25, -0.2) is 9.97 Å². The van der Waals surface area contributed by atoms with Gasteiger partial charge in [0, 0.05) is 18.8 Å². The highest BCUT2D eigenvalue weighted by Gasteiger charge is 2.04. The second-order valence-corrected chi connectivity index (χ2v) is 3.19. The Kier molecular flexibility index (Phi) is 3.00. The predicted octanol–water partition coefficient (Wildman–Crippen LogP) is 0.932. The first-order chi connectivity index (χ1) is 7.79. The number of oxazole rings is 1. The summed E-state index contributed by atoms with van der Waals surface area (Å²) in [6, 6.07) is 0. The van der Waals surface area contributed by atoms with E-state index in [0.717, 1.165) is 12.2 Å². The quantitative estimate of drug-likeness (QED) is 0.800. The van der Waals surface area contributed by atoms with E-state index in [0.29, 0.717) is 12.4 Å². The molecule has 6 nitrogen and oxygen atoms in total. The highest BCUT2D eigenvalue weighted by molar-refractivity contribution is 5.29. The zero-order valence-electron chi connectivity index (χ0n) is 8.86. The van der Waals surface area contributed by atoms with Crippen molar-refractivity contribution in [3.05, 3.63) is 40.6 Å². The highest BCUT2D eigenvalue weighted by Crippen LogP contribution is 2.05. The lowest BCUT2D eigenvalue weighted by Gasteiger charge is -1.99. The molecule has 2 rings (SSSR count). The summed E-state index contributed by atoms with van der Waals surface area (Å²) in [5.74, 6) is 1.63. The average Bonchev–Trinajstić information content (AvgIpc) is 2.76. The van der Waals surface area contributed by atoms with Crippen molar-refractivity contribution >= 4 is 5.82 Å². The van der Waals surface area contributed by atoms with Crippen molar-refractivity contribution in [1.29, 1.82) is 0 Å². The number of nitrogens with zero attached hydrogens (tertiary/aromatic N) is 2. The Morgan fingerprint density at radius 2 is 2.38 bits per heavy atom. The first-order valence-corrected chi connectivity index (χ1v) is 5.00. The van der Waals surface area contributed by atoms with Crippen LogP contribution in [0.15, 0.2) is 27.8 Å². The normalized spacial score (nSPS) is 10.3. The lowest BCUT2D eigenvalue weighted by Crippen LogP contribution is -2.15. The Morgan fingerprint density at radius 1 is 1.50 bits per heavy atom. The van der Waals surface area contributed by atoms with E-state index < -0.39 is 0 Å². The number of aromatic nitrogens is 3. The van der Waals surface area contributed by atoms with Crippen LogP contribution in [-0.4, -0.2) is 15.0 Å². The van der Waals surface area contributed by atoms with Crippen LogP contribution < -0.4 is 10.9 Å². The molecule has 0 aliphatic carbocycles. The highest BCUT2D eigenvalue weighted by atomic mass is 16.4. The fourth-order valence-corrected chi connectivity index (χ4v) is 1.23. The van der Waals surface area contributed by atoms with Crippen molar-refractivity contribution in [2.24, 2.45) is 0 Å². The molecule has 0 aliphatic heterocycles. The van der Waals surface area contributed by atoms with Crippen LogP contribution in [0.4, 0.5) is 5.82 Å². The van der Waals surface area contributed by atoms with Gasteiger partial charge in [0.2, 0.25) is 5.89 Å². The van der Waals surface area contributed by atoms with Crippen LogP contribution in [0.1, 0.15) is 18.6 Å². The fourth-order valence-electron chi connectivity index (χ4n) is 1.23. The average molecular weight is 220 g/mol. The van der Waals surface area contributed by atoms with Gasteiger partial charge in [0.05, 0.1) is 12.7 Å². The third-order valence-electron chi connectivity index (χ3n) is 2.06. The number of aryl methyl sites for hydroxylation is 1. The van der Waals surface area contributed by atoms with Crippen molar-refractivity contribution in [3.63, 3.8) is 0 Å². The second kappa shape index (κ2) is 4.61. The number of H-pyrrole nitrogens is 1. The van der Waals surface area contributed by atoms with Crippen LogP contribution in [0.3, 0.4) is 0 Å². The molecule has 0 saturated carbocycles. The van der Waals surface area contributed by atoms with E-state index in [-0.39, 0.29) is 11.4 Å². The molecule has 0 amide bonds. The van der Waals surface area contributed by atoms with E-state index in [9.17, 15) is 4.79 Å². The molecule has 0 aliphatic rings. The summed E-state index contributed by atoms with van der Waals surface area (Å²) < 4.78 is 5.38. The molecule has 84 valence electrons. The smallest absolute Gasteiger partial charge is 0.290 e. The van der Waals surface area contributed by atoms with Gasteiger partial charge in [-0.15, -0.1) is 0 Å². The molecule has 0 unspecified atom stereocenters. The summed E-state index contributed by atoms with van der Waals surface area (Å²) >= 11 is 0. The van der Waals surface area contributed by atoms with E-state index in [1.165, 1.54) is 12.4 Å². The summed E-state index contributed by atoms with van der Waals surface area (Å²) in [4.78, 5) is 21.7. The standard InChI is InChI=1S/C10H12N4O2/c1-2-7-5-13-8(16-7)6-14-9-10(15)12-4-3-11-9/h3-5H,2,6H2,1H3,(H,11,14)(H,12,15). The Labute approximate surface area is 91.7 Å². The Balaban J connectivity index is 2.02. The maximum absolute atomic E-state index is 11.3. The second-order valence-electron chi connectivity index (χ2n) is 3.19. The largest absolute Gasteiger partial charge is 0.444 e. The van der Waals surface area contributed by atoms with Crippen molar-refractivity contribution in [2.75, 3.05) is 5.32 Å². The maximum atomic E-state index is 11.3. The number of nitrogens with one attached hydrogen (secondary N) is 2. The van der Waals surface area contributed by atoms with Crippen LogP contribution in [0.2, 0.25) is 0 Å². The molecule has 0 fully saturated rings. The van der Waals surface area contributed by atoms with E-state index in [2.05, 4.69) is 20.3 Å². The molecular formula is C10H12N4O2. The van der Waals surface area contributed by atoms with Gasteiger partial charge in [0.25, 0.3) is 5.56 Å². The van der Waals surface area contributed by atoms with Gasteiger partial charge in [-0.3, -0.25) is 4.79 Å². The van der Waals surface area contributed by atoms with Gasteiger partial charge < -0.3 is 14.7 Å². The molecule has 2 aromatic rings. The summed E-state index contributed by atoms with van der Waals surface area (Å²) in [6.07, 6.45) is 5.47. The molecule has 2 aromatic heterocycles. The summed E-state index contributed by atoms with van der Waals surface area (Å²) in [6.45, 7) is 2.33. The molecule has 0 spiro atoms. The van der Waals surface area contributed by atoms with E-state index in [1.54, 1.807) is 6.20 Å². The Bertz CT molecular complexity index is 517. The minimum atomic E-state index is -0.259. The maximum Gasteiger partial charge on any atom is 0.290 e. The molecule has 0 radical (unpaired) electrons. The molecule has 16 heavy (non-hydrogen) atoms. The molecule has 0 bridgehead atoms. The van der Waals surface area contributed by atoms with Gasteiger partial charge >= 0.3 is 0 Å². The molecule has 2 heterocycles. The molecule has 6 heteroatoms. The lowest BCUT2D eigenvalue weighted by molar-refractivity contribution is 0.465. The summed E-state index contributed by atoms with van der Waals surface area (Å²) in [5.41, 5.74) is -0.259. The van der Waals surface area contributed by atoms with Gasteiger partial charge in [-0.05, 0) is 0 Å². The molecule has 2 N–H and O–H groups in total. The number of hydrogen-bond acceptors (Lipinski definition) is 5. The fraction of sp³-hybridized carbons (Fsp3) is 0.300. The SMILES string of the molecule is CCc1cnc(CNc2ncc[nH]c2=O)o1. The van der Waals surface area contributed by atoms with Crippen molar-refractivity contribution in [2.45, 2.75) is 19.9 Å². The van der Waals surface area contributed by atoms with E-state index in [1.807, 2.05) is 6.92 Å². The van der Waals surface area contributed by atoms with Gasteiger partial charge in [-0.2, -0.15) is 0 Å². The van der Waals surface area contributed by atoms with Gasteiger partial charge in [0.15, 0.2) is 5.82 Å². The first-order valence-electron chi connectivity index (χ1n) is 5.00. The molecular weight excluding hydrogens is 208 g/mol. The topological polar surface area (TPSA) is 83.8 Å². The summed E-state index contributed by atoms with van der Waals surface area (Å²) in [5, 5.41) is 2.86. The number of aromatic amines is 1. The van der Waals surface area contributed by atoms with Crippen LogP contribution in [-0.2, 0) is 13.0 Å². The minimum absolute atomic E-state index is 0.259. The van der Waals surface area contributed by atoms with E-state index in [4.69, 9.17) is 4.42 Å². The predicted molar refractivity (Wildman–Crippen MR) is 58.1 cm³/mol. The van der Waals surface area contributed by atoms with Crippen LogP contribution >= 0.6 is 0 Å². The van der Waals surface area contributed by atoms with Crippen LogP contribution in [0, 0.1) is 0 Å². The zero-order valence-corrected chi connectivity index (χ0v) is 8.86. The molecule has 0 atom stereocenters. The van der Waals surface area contributed by atoms with Crippen LogP contribution in [0.5, 0.6) is 0 Å². The first kappa shape index (κ1) is 10.4. The number of hydrogen-bond donors (Lipinski definition) is 2. The monoisotopic (exact) mass is 220 g/mol. The number of anilines is 1. The summed E-state index contributed by atoms with van der Waals surface area (Å²) in [7, 11) is 0. The van der Waals surface area contributed by atoms with E-state index >= 15 is 0 Å². The van der Waals surface area contributed by atoms with Gasteiger partial charge in [-0.1, -0.05) is 6.92 Å². The Hall–Kier alpha value is -2.11. The third kappa shape index (κ3) is 2.28. The van der Waals surface area contributed by atoms with Crippen molar-refractivity contribution < 1.29 is 4.42 Å². The minimum Gasteiger partial charge on any atom is -0.444 e. The number of rotatable bonds is 4. The van der Waals surface area contributed by atoms with Crippen molar-refractivity contribution in [1.82, 2.24) is 15.0 Å². The third-order valence-corrected chi connectivity index (χ3v) is 2.06. The van der Waals surface area contributed by atoms with Gasteiger partial charge in [0.1, 0.15) is 5.76 Å².